The average Bonchev–Trinajstić information content (AvgIpc) is 2.71. The predicted molar refractivity (Wildman–Crippen MR) is 115 cm³/mol. The molecule has 0 bridgehead atoms. The summed E-state index contributed by atoms with van der Waals surface area (Å²) in [6, 6.07) is 15.1. The Hall–Kier alpha value is -2.64. The van der Waals surface area contributed by atoms with Crippen molar-refractivity contribution in [3.8, 4) is 0 Å². The first-order valence-electron chi connectivity index (χ1n) is 8.87. The summed E-state index contributed by atoms with van der Waals surface area (Å²) in [4.78, 5) is 22.9. The van der Waals surface area contributed by atoms with E-state index in [0.29, 0.717) is 28.2 Å². The highest BCUT2D eigenvalue weighted by Gasteiger charge is 2.08. The van der Waals surface area contributed by atoms with E-state index in [9.17, 15) is 9.18 Å². The minimum atomic E-state index is -0.297. The number of rotatable bonds is 7. The van der Waals surface area contributed by atoms with Crippen LogP contribution in [0.1, 0.15) is 21.5 Å². The van der Waals surface area contributed by atoms with E-state index < -0.39 is 0 Å². The zero-order valence-corrected chi connectivity index (χ0v) is 17.6. The molecule has 0 aliphatic carbocycles. The molecule has 0 saturated carbocycles. The van der Waals surface area contributed by atoms with Gasteiger partial charge < -0.3 is 10.2 Å². The second-order valence-electron chi connectivity index (χ2n) is 6.52. The number of anilines is 1. The highest BCUT2D eigenvalue weighted by atomic mass is 35.5. The lowest BCUT2D eigenvalue weighted by Crippen LogP contribution is -2.22. The monoisotopic (exact) mass is 430 g/mol. The Kier molecular flexibility index (Phi) is 7.06. The molecule has 0 unspecified atom stereocenters. The average molecular weight is 431 g/mol. The van der Waals surface area contributed by atoms with E-state index in [-0.39, 0.29) is 11.7 Å². The van der Waals surface area contributed by atoms with Crippen LogP contribution in [0.5, 0.6) is 0 Å². The Morgan fingerprint density at radius 3 is 2.38 bits per heavy atom. The Bertz CT molecular complexity index is 981. The number of carbonyl (C=O) groups is 1. The fraction of sp³-hybridized carbons (Fsp3) is 0.190. The molecule has 1 amide bonds. The van der Waals surface area contributed by atoms with Gasteiger partial charge in [0.15, 0.2) is 5.16 Å². The van der Waals surface area contributed by atoms with Crippen molar-refractivity contribution in [2.45, 2.75) is 17.5 Å². The van der Waals surface area contributed by atoms with Crippen LogP contribution in [0.3, 0.4) is 0 Å². The van der Waals surface area contributed by atoms with E-state index in [0.717, 1.165) is 16.9 Å². The summed E-state index contributed by atoms with van der Waals surface area (Å²) < 4.78 is 12.9. The van der Waals surface area contributed by atoms with E-state index >= 15 is 0 Å². The Labute approximate surface area is 178 Å². The highest BCUT2D eigenvalue weighted by Crippen LogP contribution is 2.24. The van der Waals surface area contributed by atoms with Gasteiger partial charge in [-0.05, 0) is 35.4 Å². The van der Waals surface area contributed by atoms with Gasteiger partial charge in [-0.3, -0.25) is 4.79 Å². The van der Waals surface area contributed by atoms with Gasteiger partial charge >= 0.3 is 0 Å². The van der Waals surface area contributed by atoms with Crippen LogP contribution in [-0.4, -0.2) is 30.0 Å². The topological polar surface area (TPSA) is 58.1 Å². The molecule has 8 heteroatoms. The predicted octanol–water partition coefficient (Wildman–Crippen LogP) is 4.56. The van der Waals surface area contributed by atoms with Crippen molar-refractivity contribution in [3.63, 3.8) is 0 Å². The van der Waals surface area contributed by atoms with Crippen LogP contribution in [0, 0.1) is 5.82 Å². The van der Waals surface area contributed by atoms with Gasteiger partial charge in [-0.25, -0.2) is 14.4 Å². The molecule has 2 aromatic carbocycles. The lowest BCUT2D eigenvalue weighted by Gasteiger charge is -2.12. The summed E-state index contributed by atoms with van der Waals surface area (Å²) in [6.45, 7) is 0.344. The molecule has 0 saturated heterocycles. The molecule has 1 aromatic heterocycles. The lowest BCUT2D eigenvalue weighted by molar-refractivity contribution is 0.0951. The summed E-state index contributed by atoms with van der Waals surface area (Å²) >= 11 is 7.54. The molecule has 0 aliphatic rings. The third-order valence-corrected chi connectivity index (χ3v) is 5.18. The van der Waals surface area contributed by atoms with Gasteiger partial charge in [-0.15, -0.1) is 0 Å². The quantitative estimate of drug-likeness (QED) is 0.338. The molecule has 0 atom stereocenters. The minimum absolute atomic E-state index is 0.178. The van der Waals surface area contributed by atoms with E-state index in [1.54, 1.807) is 30.3 Å². The fourth-order valence-electron chi connectivity index (χ4n) is 2.47. The molecule has 0 aliphatic heterocycles. The molecule has 0 spiro atoms. The number of hydrogen-bond donors (Lipinski definition) is 1. The van der Waals surface area contributed by atoms with Gasteiger partial charge in [-0.1, -0.05) is 47.6 Å². The van der Waals surface area contributed by atoms with Crippen LogP contribution in [0.4, 0.5) is 10.2 Å². The van der Waals surface area contributed by atoms with Gasteiger partial charge in [0, 0.05) is 38.0 Å². The number of nitrogens with zero attached hydrogens (tertiary/aromatic N) is 3. The molecule has 0 radical (unpaired) electrons. The van der Waals surface area contributed by atoms with Crippen LogP contribution in [0.15, 0.2) is 59.8 Å². The van der Waals surface area contributed by atoms with Crippen molar-refractivity contribution < 1.29 is 9.18 Å². The normalized spacial score (nSPS) is 10.6. The summed E-state index contributed by atoms with van der Waals surface area (Å²) in [5, 5.41) is 3.83. The standard InChI is InChI=1S/C21H20ClFN4OS/c1-27(2)19-11-18(22)25-21(26-19)29-13-15-3-7-16(8-4-15)20(28)24-12-14-5-9-17(23)10-6-14/h3-11H,12-13H2,1-2H3,(H,24,28). The molecule has 3 aromatic rings. The molecule has 1 N–H and O–H groups in total. The van der Waals surface area contributed by atoms with Crippen LogP contribution in [0.2, 0.25) is 5.15 Å². The molecule has 0 fully saturated rings. The number of benzene rings is 2. The van der Waals surface area contributed by atoms with Crippen molar-refractivity contribution in [1.29, 1.82) is 0 Å². The smallest absolute Gasteiger partial charge is 0.251 e. The number of halogens is 2. The van der Waals surface area contributed by atoms with Crippen LogP contribution < -0.4 is 10.2 Å². The van der Waals surface area contributed by atoms with Crippen LogP contribution >= 0.6 is 23.4 Å². The second kappa shape index (κ2) is 9.71. The largest absolute Gasteiger partial charge is 0.363 e. The van der Waals surface area contributed by atoms with Crippen LogP contribution in [0.25, 0.3) is 0 Å². The van der Waals surface area contributed by atoms with E-state index in [1.165, 1.54) is 23.9 Å². The maximum atomic E-state index is 12.9. The molecular weight excluding hydrogens is 411 g/mol. The van der Waals surface area contributed by atoms with Gasteiger partial charge in [-0.2, -0.15) is 0 Å². The SMILES string of the molecule is CN(C)c1cc(Cl)nc(SCc2ccc(C(=O)NCc3ccc(F)cc3)cc2)n1. The number of aromatic nitrogens is 2. The number of amides is 1. The van der Waals surface area contributed by atoms with E-state index in [2.05, 4.69) is 15.3 Å². The summed E-state index contributed by atoms with van der Waals surface area (Å²) in [6.07, 6.45) is 0. The second-order valence-corrected chi connectivity index (χ2v) is 7.85. The van der Waals surface area contributed by atoms with E-state index in [4.69, 9.17) is 11.6 Å². The molecule has 3 rings (SSSR count). The number of nitrogens with one attached hydrogen (secondary N) is 1. The zero-order chi connectivity index (χ0) is 20.8. The maximum absolute atomic E-state index is 12.9. The van der Waals surface area contributed by atoms with Gasteiger partial charge in [0.1, 0.15) is 16.8 Å². The van der Waals surface area contributed by atoms with Crippen molar-refractivity contribution in [2.24, 2.45) is 0 Å². The highest BCUT2D eigenvalue weighted by molar-refractivity contribution is 7.98. The third-order valence-electron chi connectivity index (χ3n) is 4.07. The van der Waals surface area contributed by atoms with Gasteiger partial charge in [0.05, 0.1) is 0 Å². The summed E-state index contributed by atoms with van der Waals surface area (Å²) in [5.41, 5.74) is 2.45. The van der Waals surface area contributed by atoms with E-state index in [1.807, 2.05) is 31.1 Å². The maximum Gasteiger partial charge on any atom is 0.251 e. The Balaban J connectivity index is 1.56. The Morgan fingerprint density at radius 2 is 1.72 bits per heavy atom. The van der Waals surface area contributed by atoms with Crippen LogP contribution in [-0.2, 0) is 12.3 Å². The molecule has 29 heavy (non-hydrogen) atoms. The molecule has 1 heterocycles. The fourth-order valence-corrected chi connectivity index (χ4v) is 3.50. The first-order valence-corrected chi connectivity index (χ1v) is 10.2. The van der Waals surface area contributed by atoms with Crippen molar-refractivity contribution in [1.82, 2.24) is 15.3 Å². The molecular formula is C21H20ClFN4OS. The number of carbonyl (C=O) groups excluding carboxylic acids is 1. The lowest BCUT2D eigenvalue weighted by atomic mass is 10.1. The zero-order valence-electron chi connectivity index (χ0n) is 16.0. The Morgan fingerprint density at radius 1 is 1.07 bits per heavy atom. The van der Waals surface area contributed by atoms with Crippen molar-refractivity contribution >= 4 is 35.1 Å². The summed E-state index contributed by atoms with van der Waals surface area (Å²) in [5.74, 6) is 0.933. The third kappa shape index (κ3) is 6.17. The van der Waals surface area contributed by atoms with Crippen molar-refractivity contribution in [2.75, 3.05) is 19.0 Å². The first kappa shape index (κ1) is 21.1. The number of hydrogen-bond acceptors (Lipinski definition) is 5. The van der Waals surface area contributed by atoms with Gasteiger partial charge in [0.2, 0.25) is 0 Å². The summed E-state index contributed by atoms with van der Waals surface area (Å²) in [7, 11) is 3.79. The minimum Gasteiger partial charge on any atom is -0.363 e. The molecule has 5 nitrogen and oxygen atoms in total. The first-order chi connectivity index (χ1) is 13.9. The molecule has 150 valence electrons. The van der Waals surface area contributed by atoms with Gasteiger partial charge in [0.25, 0.3) is 5.91 Å². The number of thioether (sulfide) groups is 1. The van der Waals surface area contributed by atoms with Crippen molar-refractivity contribution in [3.05, 3.63) is 82.3 Å².